The van der Waals surface area contributed by atoms with Crippen LogP contribution in [0.25, 0.3) is 5.69 Å². The molecule has 0 saturated heterocycles. The maximum atomic E-state index is 9.60. The van der Waals surface area contributed by atoms with Crippen LogP contribution in [0.5, 0.6) is 0 Å². The van der Waals surface area contributed by atoms with E-state index < -0.39 is 6.10 Å². The van der Waals surface area contributed by atoms with Gasteiger partial charge in [-0.3, -0.25) is 0 Å². The van der Waals surface area contributed by atoms with Gasteiger partial charge < -0.3 is 5.11 Å². The van der Waals surface area contributed by atoms with E-state index in [1.165, 1.54) is 18.5 Å². The fourth-order valence-corrected chi connectivity index (χ4v) is 2.77. The van der Waals surface area contributed by atoms with E-state index in [2.05, 4.69) is 27.1 Å². The zero-order valence-electron chi connectivity index (χ0n) is 10.2. The van der Waals surface area contributed by atoms with E-state index >= 15 is 0 Å². The monoisotopic (exact) mass is 306 g/mol. The Labute approximate surface area is 115 Å². The van der Waals surface area contributed by atoms with Crippen LogP contribution in [0.15, 0.2) is 34.9 Å². The Balaban J connectivity index is 1.93. The molecule has 1 aromatic carbocycles. The molecule has 94 valence electrons. The van der Waals surface area contributed by atoms with Gasteiger partial charge in [0.2, 0.25) is 0 Å². The Morgan fingerprint density at radius 1 is 1.39 bits per heavy atom. The second kappa shape index (κ2) is 4.52. The molecular formula is C14H15BrN2O. The molecule has 0 amide bonds. The molecule has 4 heteroatoms. The Kier molecular flexibility index (Phi) is 2.99. The number of aromatic nitrogens is 2. The smallest absolute Gasteiger partial charge is 0.0772 e. The zero-order chi connectivity index (χ0) is 12.7. The first kappa shape index (κ1) is 11.9. The van der Waals surface area contributed by atoms with Crippen LogP contribution in [-0.4, -0.2) is 14.9 Å². The normalized spacial score (nSPS) is 16.8. The third-order valence-corrected chi connectivity index (χ3v) is 3.99. The quantitative estimate of drug-likeness (QED) is 0.941. The lowest BCUT2D eigenvalue weighted by Gasteiger charge is -2.09. The molecule has 1 aliphatic carbocycles. The standard InChI is InChI=1S/C14H15BrN2O/c1-9(18)12-5-4-11(8-13(12)15)17-7-6-14(16-17)10-2-3-10/h4-10,18H,2-3H2,1H3/t9-/m1/s1. The van der Waals surface area contributed by atoms with Gasteiger partial charge in [0.1, 0.15) is 0 Å². The molecule has 0 spiro atoms. The average molecular weight is 307 g/mol. The number of hydrogen-bond donors (Lipinski definition) is 1. The number of nitrogens with zero attached hydrogens (tertiary/aromatic N) is 2. The summed E-state index contributed by atoms with van der Waals surface area (Å²) in [5.41, 5.74) is 3.09. The van der Waals surface area contributed by atoms with E-state index in [9.17, 15) is 5.11 Å². The van der Waals surface area contributed by atoms with Crippen LogP contribution in [0.3, 0.4) is 0 Å². The molecule has 1 aromatic heterocycles. The van der Waals surface area contributed by atoms with E-state index in [0.717, 1.165) is 15.7 Å². The topological polar surface area (TPSA) is 38.0 Å². The fourth-order valence-electron chi connectivity index (χ4n) is 2.08. The fraction of sp³-hybridized carbons (Fsp3) is 0.357. The number of hydrogen-bond acceptors (Lipinski definition) is 2. The van der Waals surface area contributed by atoms with E-state index in [-0.39, 0.29) is 0 Å². The summed E-state index contributed by atoms with van der Waals surface area (Å²) >= 11 is 3.49. The Bertz CT molecular complexity index is 573. The lowest BCUT2D eigenvalue weighted by atomic mass is 10.1. The van der Waals surface area contributed by atoms with Crippen molar-refractivity contribution in [1.82, 2.24) is 9.78 Å². The highest BCUT2D eigenvalue weighted by Gasteiger charge is 2.25. The third kappa shape index (κ3) is 2.22. The van der Waals surface area contributed by atoms with Crippen LogP contribution >= 0.6 is 15.9 Å². The molecule has 0 aliphatic heterocycles. The van der Waals surface area contributed by atoms with E-state index in [0.29, 0.717) is 5.92 Å². The number of aliphatic hydroxyl groups excluding tert-OH is 1. The van der Waals surface area contributed by atoms with Crippen molar-refractivity contribution in [2.45, 2.75) is 31.8 Å². The first-order chi connectivity index (χ1) is 8.65. The second-order valence-corrected chi connectivity index (χ2v) is 5.70. The maximum absolute atomic E-state index is 9.60. The van der Waals surface area contributed by atoms with Crippen molar-refractivity contribution in [1.29, 1.82) is 0 Å². The largest absolute Gasteiger partial charge is 0.389 e. The van der Waals surface area contributed by atoms with Crippen LogP contribution in [-0.2, 0) is 0 Å². The summed E-state index contributed by atoms with van der Waals surface area (Å²) in [5, 5.41) is 14.2. The van der Waals surface area contributed by atoms with E-state index in [1.54, 1.807) is 6.92 Å². The van der Waals surface area contributed by atoms with Crippen LogP contribution in [0, 0.1) is 0 Å². The van der Waals surface area contributed by atoms with Crippen molar-refractivity contribution in [2.24, 2.45) is 0 Å². The Morgan fingerprint density at radius 2 is 2.17 bits per heavy atom. The van der Waals surface area contributed by atoms with Gasteiger partial charge in [0.15, 0.2) is 0 Å². The minimum absolute atomic E-state index is 0.465. The maximum Gasteiger partial charge on any atom is 0.0772 e. The Hall–Kier alpha value is -1.13. The lowest BCUT2D eigenvalue weighted by molar-refractivity contribution is 0.198. The predicted molar refractivity (Wildman–Crippen MR) is 73.9 cm³/mol. The van der Waals surface area contributed by atoms with Gasteiger partial charge in [0.05, 0.1) is 17.5 Å². The van der Waals surface area contributed by atoms with Crippen LogP contribution in [0.1, 0.15) is 43.0 Å². The summed E-state index contributed by atoms with van der Waals surface area (Å²) in [6, 6.07) is 8.00. The minimum Gasteiger partial charge on any atom is -0.389 e. The van der Waals surface area contributed by atoms with Gasteiger partial charge in [-0.2, -0.15) is 5.10 Å². The second-order valence-electron chi connectivity index (χ2n) is 4.84. The molecule has 1 N–H and O–H groups in total. The van der Waals surface area contributed by atoms with Gasteiger partial charge in [-0.15, -0.1) is 0 Å². The van der Waals surface area contributed by atoms with Gasteiger partial charge in [-0.25, -0.2) is 4.68 Å². The van der Waals surface area contributed by atoms with Gasteiger partial charge in [-0.05, 0) is 43.5 Å². The molecule has 0 unspecified atom stereocenters. The summed E-state index contributed by atoms with van der Waals surface area (Å²) in [6.45, 7) is 1.76. The van der Waals surface area contributed by atoms with Gasteiger partial charge >= 0.3 is 0 Å². The predicted octanol–water partition coefficient (Wildman–Crippen LogP) is 3.57. The lowest BCUT2D eigenvalue weighted by Crippen LogP contribution is -1.98. The summed E-state index contributed by atoms with van der Waals surface area (Å²) in [7, 11) is 0. The summed E-state index contributed by atoms with van der Waals surface area (Å²) in [5.74, 6) is 0.673. The number of rotatable bonds is 3. The molecule has 1 heterocycles. The number of aliphatic hydroxyl groups is 1. The van der Waals surface area contributed by atoms with Gasteiger partial charge in [0.25, 0.3) is 0 Å². The first-order valence-corrected chi connectivity index (χ1v) is 6.98. The SMILES string of the molecule is C[C@@H](O)c1ccc(-n2ccc(C3CC3)n2)cc1Br. The molecule has 1 aliphatic rings. The van der Waals surface area contributed by atoms with Crippen LogP contribution < -0.4 is 0 Å². The average Bonchev–Trinajstić information content (AvgIpc) is 3.06. The molecular weight excluding hydrogens is 292 g/mol. The van der Waals surface area contributed by atoms with Crippen molar-refractivity contribution in [3.63, 3.8) is 0 Å². The molecule has 1 saturated carbocycles. The van der Waals surface area contributed by atoms with Crippen LogP contribution in [0.2, 0.25) is 0 Å². The van der Waals surface area contributed by atoms with Crippen molar-refractivity contribution in [2.75, 3.05) is 0 Å². The van der Waals surface area contributed by atoms with Crippen molar-refractivity contribution < 1.29 is 5.11 Å². The summed E-state index contributed by atoms with van der Waals surface area (Å²) in [4.78, 5) is 0. The van der Waals surface area contributed by atoms with Crippen molar-refractivity contribution in [3.8, 4) is 5.69 Å². The summed E-state index contributed by atoms with van der Waals surface area (Å²) in [6.07, 6.45) is 4.06. The first-order valence-electron chi connectivity index (χ1n) is 6.18. The molecule has 1 atom stereocenters. The van der Waals surface area contributed by atoms with Crippen LogP contribution in [0.4, 0.5) is 0 Å². The highest BCUT2D eigenvalue weighted by Crippen LogP contribution is 2.39. The molecule has 3 rings (SSSR count). The highest BCUT2D eigenvalue weighted by atomic mass is 79.9. The van der Waals surface area contributed by atoms with Crippen molar-refractivity contribution >= 4 is 15.9 Å². The Morgan fingerprint density at radius 3 is 2.78 bits per heavy atom. The van der Waals surface area contributed by atoms with E-state index in [4.69, 9.17) is 0 Å². The minimum atomic E-state index is -0.465. The van der Waals surface area contributed by atoms with Crippen molar-refractivity contribution in [3.05, 3.63) is 46.2 Å². The zero-order valence-corrected chi connectivity index (χ0v) is 11.8. The highest BCUT2D eigenvalue weighted by molar-refractivity contribution is 9.10. The van der Waals surface area contributed by atoms with Gasteiger partial charge in [0, 0.05) is 16.6 Å². The number of halogens is 1. The van der Waals surface area contributed by atoms with E-state index in [1.807, 2.05) is 29.1 Å². The third-order valence-electron chi connectivity index (χ3n) is 3.30. The molecule has 18 heavy (non-hydrogen) atoms. The molecule has 2 aromatic rings. The molecule has 0 radical (unpaired) electrons. The summed E-state index contributed by atoms with van der Waals surface area (Å²) < 4.78 is 2.81. The molecule has 1 fully saturated rings. The molecule has 3 nitrogen and oxygen atoms in total. The van der Waals surface area contributed by atoms with Gasteiger partial charge in [-0.1, -0.05) is 22.0 Å². The molecule has 0 bridgehead atoms. The number of benzene rings is 1.